The Kier molecular flexibility index (Phi) is 6.50. The van der Waals surface area contributed by atoms with Gasteiger partial charge in [-0.25, -0.2) is 4.79 Å². The lowest BCUT2D eigenvalue weighted by Crippen LogP contribution is -2.32. The zero-order valence-corrected chi connectivity index (χ0v) is 16.7. The Balaban J connectivity index is 1.74. The highest BCUT2D eigenvalue weighted by molar-refractivity contribution is 5.75. The molecule has 154 valence electrons. The second kappa shape index (κ2) is 9.24. The second-order valence-corrected chi connectivity index (χ2v) is 6.71. The lowest BCUT2D eigenvalue weighted by atomic mass is 10.1. The highest BCUT2D eigenvalue weighted by Crippen LogP contribution is 2.22. The van der Waals surface area contributed by atoms with Crippen LogP contribution in [0.4, 0.5) is 0 Å². The van der Waals surface area contributed by atoms with Crippen molar-refractivity contribution in [2.24, 2.45) is 5.73 Å². The molecule has 29 heavy (non-hydrogen) atoms. The van der Waals surface area contributed by atoms with Crippen LogP contribution >= 0.6 is 0 Å². The van der Waals surface area contributed by atoms with Gasteiger partial charge in [-0.2, -0.15) is 4.98 Å². The summed E-state index contributed by atoms with van der Waals surface area (Å²) in [5.41, 5.74) is 8.26. The smallest absolute Gasteiger partial charge is 0.354 e. The number of aryl methyl sites for hydroxylation is 1. The Morgan fingerprint density at radius 3 is 2.90 bits per heavy atom. The van der Waals surface area contributed by atoms with E-state index in [1.54, 1.807) is 13.3 Å². The van der Waals surface area contributed by atoms with Crippen LogP contribution in [0.5, 0.6) is 5.75 Å². The predicted octanol–water partition coefficient (Wildman–Crippen LogP) is 1.25. The van der Waals surface area contributed by atoms with Gasteiger partial charge in [0.1, 0.15) is 11.4 Å². The van der Waals surface area contributed by atoms with Gasteiger partial charge in [0, 0.05) is 42.0 Å². The summed E-state index contributed by atoms with van der Waals surface area (Å²) in [7, 11) is 1.61. The molecule has 0 aliphatic carbocycles. The van der Waals surface area contributed by atoms with Crippen molar-refractivity contribution in [2.75, 3.05) is 20.2 Å². The van der Waals surface area contributed by atoms with Crippen molar-refractivity contribution in [3.8, 4) is 11.4 Å². The van der Waals surface area contributed by atoms with E-state index < -0.39 is 0 Å². The minimum atomic E-state index is -0.340. The quantitative estimate of drug-likeness (QED) is 0.210. The van der Waals surface area contributed by atoms with Crippen molar-refractivity contribution in [3.63, 3.8) is 0 Å². The van der Waals surface area contributed by atoms with E-state index in [2.05, 4.69) is 20.6 Å². The lowest BCUT2D eigenvalue weighted by molar-refractivity contribution is 0.407. The first-order valence-corrected chi connectivity index (χ1v) is 9.59. The molecule has 2 aromatic heterocycles. The normalized spacial score (nSPS) is 11.0. The van der Waals surface area contributed by atoms with Crippen molar-refractivity contribution < 1.29 is 4.74 Å². The largest absolute Gasteiger partial charge is 0.496 e. The number of hydrogen-bond acceptors (Lipinski definition) is 5. The average Bonchev–Trinajstić information content (AvgIpc) is 3.11. The number of guanidine groups is 1. The highest BCUT2D eigenvalue weighted by atomic mass is 16.5. The number of H-pyrrole nitrogens is 1. The van der Waals surface area contributed by atoms with Gasteiger partial charge in [-0.15, -0.1) is 0 Å². The molecule has 0 unspecified atom stereocenters. The molecule has 3 aromatic rings. The molecule has 1 aromatic carbocycles. The maximum Gasteiger partial charge on any atom is 0.354 e. The van der Waals surface area contributed by atoms with Gasteiger partial charge in [0.25, 0.3) is 0 Å². The lowest BCUT2D eigenvalue weighted by Gasteiger charge is -2.13. The standard InChI is InChI=1S/C20H27N7O2/c1-3-15-9-14-12-27(20(28)26-18(14)25-15)16-6-5-13(17(10-16)29-2)11-23-7-4-8-24-19(21)22/h5-6,9-10,12,23H,3-4,7-8,11H2,1-2H3,(H4,21,22,24)(H,25,26,28). The number of methoxy groups -OCH3 is 1. The van der Waals surface area contributed by atoms with Crippen LogP contribution in [0.2, 0.25) is 0 Å². The van der Waals surface area contributed by atoms with E-state index in [9.17, 15) is 4.79 Å². The Bertz CT molecular complexity index is 1050. The van der Waals surface area contributed by atoms with Gasteiger partial charge in [0.05, 0.1) is 12.8 Å². The van der Waals surface area contributed by atoms with Crippen LogP contribution in [0, 0.1) is 5.41 Å². The number of hydrogen-bond donors (Lipinski definition) is 5. The van der Waals surface area contributed by atoms with Crippen LogP contribution in [0.25, 0.3) is 16.7 Å². The molecule has 0 aliphatic rings. The number of ether oxygens (including phenoxy) is 1. The molecule has 0 aliphatic heterocycles. The van der Waals surface area contributed by atoms with Crippen LogP contribution < -0.4 is 26.8 Å². The Hall–Kier alpha value is -3.33. The van der Waals surface area contributed by atoms with Gasteiger partial charge in [0.2, 0.25) is 0 Å². The summed E-state index contributed by atoms with van der Waals surface area (Å²) in [6.45, 7) is 4.11. The molecule has 6 N–H and O–H groups in total. The number of nitrogens with zero attached hydrogens (tertiary/aromatic N) is 2. The fraction of sp³-hybridized carbons (Fsp3) is 0.350. The maximum absolute atomic E-state index is 12.5. The molecule has 0 spiro atoms. The number of aromatic amines is 1. The van der Waals surface area contributed by atoms with Crippen LogP contribution in [0.15, 0.2) is 35.3 Å². The van der Waals surface area contributed by atoms with Crippen molar-refractivity contribution in [3.05, 3.63) is 52.2 Å². The summed E-state index contributed by atoms with van der Waals surface area (Å²) in [6, 6.07) is 7.69. The van der Waals surface area contributed by atoms with Gasteiger partial charge < -0.3 is 26.1 Å². The van der Waals surface area contributed by atoms with Gasteiger partial charge in [0.15, 0.2) is 5.96 Å². The number of fused-ring (bicyclic) bond motifs is 1. The van der Waals surface area contributed by atoms with E-state index in [-0.39, 0.29) is 11.6 Å². The first-order valence-electron chi connectivity index (χ1n) is 9.59. The number of nitrogens with two attached hydrogens (primary N) is 1. The van der Waals surface area contributed by atoms with Crippen LogP contribution in [0.3, 0.4) is 0 Å². The monoisotopic (exact) mass is 397 g/mol. The summed E-state index contributed by atoms with van der Waals surface area (Å²) >= 11 is 0. The number of nitrogens with one attached hydrogen (secondary N) is 4. The first-order chi connectivity index (χ1) is 14.0. The zero-order chi connectivity index (χ0) is 20.8. The molecule has 2 heterocycles. The van der Waals surface area contributed by atoms with Crippen LogP contribution in [-0.2, 0) is 13.0 Å². The third kappa shape index (κ3) is 4.94. The summed E-state index contributed by atoms with van der Waals surface area (Å²) in [5.74, 6) is 0.683. The van der Waals surface area contributed by atoms with Crippen LogP contribution in [0.1, 0.15) is 24.6 Å². The molecule has 0 saturated heterocycles. The van der Waals surface area contributed by atoms with Crippen molar-refractivity contribution in [2.45, 2.75) is 26.3 Å². The molecule has 0 bridgehead atoms. The van der Waals surface area contributed by atoms with Gasteiger partial charge in [-0.05, 0) is 31.5 Å². The van der Waals surface area contributed by atoms with Gasteiger partial charge in [-0.3, -0.25) is 9.98 Å². The van der Waals surface area contributed by atoms with E-state index in [1.165, 1.54) is 4.57 Å². The summed E-state index contributed by atoms with van der Waals surface area (Å²) < 4.78 is 7.06. The second-order valence-electron chi connectivity index (χ2n) is 6.71. The van der Waals surface area contributed by atoms with E-state index in [0.29, 0.717) is 30.2 Å². The van der Waals surface area contributed by atoms with Gasteiger partial charge >= 0.3 is 5.69 Å². The maximum atomic E-state index is 12.5. The zero-order valence-electron chi connectivity index (χ0n) is 16.7. The summed E-state index contributed by atoms with van der Waals surface area (Å²) in [6.07, 6.45) is 3.50. The fourth-order valence-electron chi connectivity index (χ4n) is 3.12. The first kappa shape index (κ1) is 20.4. The molecule has 0 fully saturated rings. The number of benzene rings is 1. The third-order valence-electron chi connectivity index (χ3n) is 4.65. The Morgan fingerprint density at radius 2 is 2.17 bits per heavy atom. The average molecular weight is 397 g/mol. The molecule has 0 atom stereocenters. The van der Waals surface area contributed by atoms with Crippen molar-refractivity contribution in [1.29, 1.82) is 5.41 Å². The van der Waals surface area contributed by atoms with Crippen LogP contribution in [-0.4, -0.2) is 40.7 Å². The predicted molar refractivity (Wildman–Crippen MR) is 114 cm³/mol. The van der Waals surface area contributed by atoms with Crippen molar-refractivity contribution >= 4 is 17.0 Å². The van der Waals surface area contributed by atoms with E-state index in [4.69, 9.17) is 15.9 Å². The van der Waals surface area contributed by atoms with Gasteiger partial charge in [-0.1, -0.05) is 13.0 Å². The van der Waals surface area contributed by atoms with E-state index in [0.717, 1.165) is 36.0 Å². The molecule has 0 saturated carbocycles. The molecule has 9 heteroatoms. The summed E-state index contributed by atoms with van der Waals surface area (Å²) in [5, 5.41) is 14.1. The Morgan fingerprint density at radius 1 is 1.34 bits per heavy atom. The molecule has 3 rings (SSSR count). The molecular formula is C20H27N7O2. The molecule has 0 amide bonds. The number of rotatable bonds is 9. The molecular weight excluding hydrogens is 370 g/mol. The SMILES string of the molecule is CCc1cc2cn(-c3ccc(CNCCCNC(=N)N)c(OC)c3)c(=O)nc2[nH]1. The molecule has 0 radical (unpaired) electrons. The minimum absolute atomic E-state index is 0.0178. The fourth-order valence-corrected chi connectivity index (χ4v) is 3.12. The topological polar surface area (TPSA) is 134 Å². The third-order valence-corrected chi connectivity index (χ3v) is 4.65. The molecule has 9 nitrogen and oxygen atoms in total. The van der Waals surface area contributed by atoms with E-state index in [1.807, 2.05) is 31.2 Å². The van der Waals surface area contributed by atoms with Crippen molar-refractivity contribution in [1.82, 2.24) is 25.2 Å². The van der Waals surface area contributed by atoms with E-state index >= 15 is 0 Å². The Labute approximate surface area is 168 Å². The summed E-state index contributed by atoms with van der Waals surface area (Å²) in [4.78, 5) is 19.8. The number of aromatic nitrogens is 3. The highest BCUT2D eigenvalue weighted by Gasteiger charge is 2.10. The minimum Gasteiger partial charge on any atom is -0.496 e.